The molecule has 0 heterocycles. The molecule has 0 unspecified atom stereocenters. The first-order valence-corrected chi connectivity index (χ1v) is 9.26. The topological polar surface area (TPSA) is 47.7 Å². The monoisotopic (exact) mass is 416 g/mol. The van der Waals surface area contributed by atoms with Crippen molar-refractivity contribution < 1.29 is 0 Å². The Balaban J connectivity index is 2.41. The van der Waals surface area contributed by atoms with Crippen LogP contribution in [0.5, 0.6) is 0 Å². The van der Waals surface area contributed by atoms with Gasteiger partial charge in [-0.05, 0) is 21.5 Å². The maximum Gasteiger partial charge on any atom is 0.0989 e. The second-order valence-corrected chi connectivity index (χ2v) is 7.73. The highest BCUT2D eigenvalue weighted by Gasteiger charge is 2.23. The maximum absolute atomic E-state index is 8.56. The molecule has 0 amide bonds. The number of hydrogen-bond acceptors (Lipinski definition) is 2. The Morgan fingerprint density at radius 3 is 1.73 bits per heavy atom. The molecule has 0 aliphatic rings. The van der Waals surface area contributed by atoms with Gasteiger partial charge in [-0.2, -0.15) is 0 Å². The van der Waals surface area contributed by atoms with Crippen LogP contribution in [-0.4, -0.2) is 0 Å². The fraction of sp³-hybridized carbons (Fsp3) is 0. The molecule has 6 heteroatoms. The first kappa shape index (κ1) is 16.3. The van der Waals surface area contributed by atoms with E-state index in [9.17, 15) is 0 Å². The molecular formula is C20H8Cl4N2. The van der Waals surface area contributed by atoms with Crippen molar-refractivity contribution in [1.29, 1.82) is 10.8 Å². The normalized spacial score (nSPS) is 12.2. The van der Waals surface area contributed by atoms with Crippen LogP contribution in [0.25, 0.3) is 43.1 Å². The van der Waals surface area contributed by atoms with Gasteiger partial charge in [0.05, 0.1) is 30.8 Å². The van der Waals surface area contributed by atoms with Gasteiger partial charge in [-0.1, -0.05) is 82.8 Å². The zero-order chi connectivity index (χ0) is 18.3. The van der Waals surface area contributed by atoms with Crippen molar-refractivity contribution in [2.75, 3.05) is 0 Å². The number of halogens is 4. The molecule has 2 nitrogen and oxygen atoms in total. The Morgan fingerprint density at radius 1 is 0.500 bits per heavy atom. The summed E-state index contributed by atoms with van der Waals surface area (Å²) in [5.74, 6) is 0. The van der Waals surface area contributed by atoms with E-state index in [2.05, 4.69) is 0 Å². The van der Waals surface area contributed by atoms with E-state index in [-0.39, 0.29) is 25.8 Å². The van der Waals surface area contributed by atoms with Crippen LogP contribution in [0.2, 0.25) is 20.1 Å². The molecule has 0 bridgehead atoms. The summed E-state index contributed by atoms with van der Waals surface area (Å²) in [5, 5.41) is 24.0. The van der Waals surface area contributed by atoms with E-state index in [1.54, 1.807) is 0 Å². The van der Waals surface area contributed by atoms with Crippen molar-refractivity contribution >= 4 is 89.5 Å². The molecule has 0 atom stereocenters. The SMILES string of the molecule is N=c1c(Cl)c2c(Cl)c(Cl)c(Cl)c3c4cccc5cccc(c(c1=N)c23)c54. The smallest absolute Gasteiger partial charge is 0.0989 e. The van der Waals surface area contributed by atoms with Gasteiger partial charge in [0.1, 0.15) is 0 Å². The number of hydrogen-bond donors (Lipinski definition) is 2. The van der Waals surface area contributed by atoms with Crippen LogP contribution in [0.1, 0.15) is 0 Å². The molecule has 126 valence electrons. The molecule has 5 aromatic rings. The molecule has 0 saturated heterocycles. The predicted molar refractivity (Wildman–Crippen MR) is 111 cm³/mol. The second kappa shape index (κ2) is 5.34. The van der Waals surface area contributed by atoms with Crippen LogP contribution < -0.4 is 10.7 Å². The molecule has 2 N–H and O–H groups in total. The van der Waals surface area contributed by atoms with Gasteiger partial charge in [-0.25, -0.2) is 0 Å². The second-order valence-electron chi connectivity index (χ2n) is 6.22. The molecule has 0 saturated carbocycles. The molecule has 5 aromatic carbocycles. The summed E-state index contributed by atoms with van der Waals surface area (Å²) in [4.78, 5) is 0. The zero-order valence-electron chi connectivity index (χ0n) is 13.0. The van der Waals surface area contributed by atoms with Gasteiger partial charge in [0.2, 0.25) is 0 Å². The average molecular weight is 418 g/mol. The standard InChI is InChI=1S/C20H8Cl4N2/c21-15-11-8-5-1-3-7-4-2-6-9(10(7)8)12-13(11)14(16(22)18(15)24)17(23)20(26)19(12)25/h1-6,25-26H. The molecule has 0 aliphatic carbocycles. The lowest BCUT2D eigenvalue weighted by molar-refractivity contribution is 1.17. The van der Waals surface area contributed by atoms with Crippen molar-refractivity contribution in [3.05, 3.63) is 67.2 Å². The van der Waals surface area contributed by atoms with E-state index in [1.165, 1.54) is 0 Å². The summed E-state index contributed by atoms with van der Waals surface area (Å²) < 4.78 is 0. The summed E-state index contributed by atoms with van der Waals surface area (Å²) in [7, 11) is 0. The highest BCUT2D eigenvalue weighted by molar-refractivity contribution is 6.57. The summed E-state index contributed by atoms with van der Waals surface area (Å²) in [6, 6.07) is 11.8. The first-order valence-electron chi connectivity index (χ1n) is 7.74. The number of fused-ring (bicyclic) bond motifs is 2. The lowest BCUT2D eigenvalue weighted by Gasteiger charge is -2.18. The molecule has 0 fully saturated rings. The average Bonchev–Trinajstić information content (AvgIpc) is 2.64. The van der Waals surface area contributed by atoms with E-state index >= 15 is 0 Å². The third-order valence-electron chi connectivity index (χ3n) is 4.96. The minimum absolute atomic E-state index is 0.0557. The fourth-order valence-corrected chi connectivity index (χ4v) is 5.02. The van der Waals surface area contributed by atoms with Gasteiger partial charge < -0.3 is 0 Å². The highest BCUT2D eigenvalue weighted by Crippen LogP contribution is 2.48. The van der Waals surface area contributed by atoms with Crippen molar-refractivity contribution in [2.45, 2.75) is 0 Å². The zero-order valence-corrected chi connectivity index (χ0v) is 16.0. The lowest BCUT2D eigenvalue weighted by Crippen LogP contribution is -2.25. The Morgan fingerprint density at radius 2 is 1.08 bits per heavy atom. The van der Waals surface area contributed by atoms with Crippen molar-refractivity contribution in [2.24, 2.45) is 0 Å². The van der Waals surface area contributed by atoms with Gasteiger partial charge in [-0.15, -0.1) is 0 Å². The Hall–Kier alpha value is -1.84. The third kappa shape index (κ3) is 1.80. The van der Waals surface area contributed by atoms with E-state index in [1.807, 2.05) is 36.4 Å². The summed E-state index contributed by atoms with van der Waals surface area (Å²) in [5.41, 5.74) is 0. The van der Waals surface area contributed by atoms with Crippen LogP contribution in [0.3, 0.4) is 0 Å². The van der Waals surface area contributed by atoms with Crippen LogP contribution in [-0.2, 0) is 0 Å². The molecule has 5 rings (SSSR count). The molecule has 0 aromatic heterocycles. The third-order valence-corrected chi connectivity index (χ3v) is 6.66. The number of nitrogens with one attached hydrogen (secondary N) is 2. The summed E-state index contributed by atoms with van der Waals surface area (Å²) in [6.45, 7) is 0. The van der Waals surface area contributed by atoms with Gasteiger partial charge in [0, 0.05) is 21.5 Å². The van der Waals surface area contributed by atoms with Crippen molar-refractivity contribution in [1.82, 2.24) is 0 Å². The molecular weight excluding hydrogens is 410 g/mol. The highest BCUT2D eigenvalue weighted by atomic mass is 35.5. The van der Waals surface area contributed by atoms with E-state index < -0.39 is 0 Å². The number of benzene rings is 5. The van der Waals surface area contributed by atoms with Crippen molar-refractivity contribution in [3.8, 4) is 0 Å². The molecule has 0 aliphatic heterocycles. The van der Waals surface area contributed by atoms with Gasteiger partial charge in [0.25, 0.3) is 0 Å². The van der Waals surface area contributed by atoms with Crippen LogP contribution in [0.15, 0.2) is 36.4 Å². The number of rotatable bonds is 0. The molecule has 0 radical (unpaired) electrons. The minimum Gasteiger partial charge on any atom is -0.298 e. The maximum atomic E-state index is 8.56. The Labute approximate surface area is 167 Å². The van der Waals surface area contributed by atoms with Gasteiger partial charge >= 0.3 is 0 Å². The van der Waals surface area contributed by atoms with Gasteiger partial charge in [0.15, 0.2) is 0 Å². The van der Waals surface area contributed by atoms with Gasteiger partial charge in [-0.3, -0.25) is 10.8 Å². The van der Waals surface area contributed by atoms with E-state index in [4.69, 9.17) is 57.2 Å². The Kier molecular flexibility index (Phi) is 3.35. The fourth-order valence-electron chi connectivity index (χ4n) is 3.88. The van der Waals surface area contributed by atoms with Crippen molar-refractivity contribution in [3.63, 3.8) is 0 Å². The van der Waals surface area contributed by atoms with Crippen LogP contribution >= 0.6 is 46.4 Å². The van der Waals surface area contributed by atoms with Crippen LogP contribution in [0.4, 0.5) is 0 Å². The van der Waals surface area contributed by atoms with Crippen LogP contribution in [0, 0.1) is 10.8 Å². The largest absolute Gasteiger partial charge is 0.298 e. The lowest BCUT2D eigenvalue weighted by atomic mass is 9.89. The molecule has 0 spiro atoms. The Bertz CT molecular complexity index is 1500. The summed E-state index contributed by atoms with van der Waals surface area (Å²) >= 11 is 25.9. The minimum atomic E-state index is -0.0724. The predicted octanol–water partition coefficient (Wildman–Crippen LogP) is 6.75. The molecule has 26 heavy (non-hydrogen) atoms. The summed E-state index contributed by atoms with van der Waals surface area (Å²) in [6.07, 6.45) is 0. The van der Waals surface area contributed by atoms with E-state index in [0.29, 0.717) is 26.6 Å². The quantitative estimate of drug-likeness (QED) is 0.159. The van der Waals surface area contributed by atoms with E-state index in [0.717, 1.165) is 21.5 Å². The first-order chi connectivity index (χ1) is 12.4.